The lowest BCUT2D eigenvalue weighted by molar-refractivity contribution is -0.123. The molecule has 2 aromatic rings. The summed E-state index contributed by atoms with van der Waals surface area (Å²) in [5.74, 6) is -0.788. The van der Waals surface area contributed by atoms with E-state index in [2.05, 4.69) is 10.6 Å². The van der Waals surface area contributed by atoms with Crippen LogP contribution in [0.5, 0.6) is 0 Å². The fourth-order valence-electron chi connectivity index (χ4n) is 1.82. The van der Waals surface area contributed by atoms with Crippen molar-refractivity contribution in [2.75, 3.05) is 10.6 Å². The van der Waals surface area contributed by atoms with Crippen LogP contribution in [0.2, 0.25) is 0 Å². The number of carbonyl (C=O) groups is 2. The maximum Gasteiger partial charge on any atom is 0.233 e. The van der Waals surface area contributed by atoms with Crippen LogP contribution in [0.1, 0.15) is 17.5 Å². The Morgan fingerprint density at radius 2 is 1.36 bits per heavy atom. The average molecular weight is 293 g/mol. The zero-order valence-corrected chi connectivity index (χ0v) is 12.1. The van der Waals surface area contributed by atoms with Gasteiger partial charge in [-0.25, -0.2) is 0 Å². The average Bonchev–Trinajstić information content (AvgIpc) is 2.50. The summed E-state index contributed by atoms with van der Waals surface area (Å²) in [5, 5.41) is 14.0. The van der Waals surface area contributed by atoms with Gasteiger partial charge in [-0.15, -0.1) is 0 Å². The van der Waals surface area contributed by atoms with Crippen LogP contribution >= 0.6 is 0 Å². The van der Waals surface area contributed by atoms with Gasteiger partial charge in [-0.05, 0) is 43.3 Å². The van der Waals surface area contributed by atoms with E-state index in [1.165, 1.54) is 0 Å². The fourth-order valence-corrected chi connectivity index (χ4v) is 1.82. The highest BCUT2D eigenvalue weighted by molar-refractivity contribution is 6.08. The molecule has 22 heavy (non-hydrogen) atoms. The molecule has 5 nitrogen and oxygen atoms in total. The highest BCUT2D eigenvalue weighted by Crippen LogP contribution is 2.11. The highest BCUT2D eigenvalue weighted by atomic mass is 16.2. The van der Waals surface area contributed by atoms with Gasteiger partial charge >= 0.3 is 0 Å². The summed E-state index contributed by atoms with van der Waals surface area (Å²) in [5.41, 5.74) is 2.81. The van der Waals surface area contributed by atoms with Crippen molar-refractivity contribution in [3.8, 4) is 6.07 Å². The van der Waals surface area contributed by atoms with Crippen molar-refractivity contribution >= 4 is 23.2 Å². The normalized spacial score (nSPS) is 9.64. The lowest BCUT2D eigenvalue weighted by atomic mass is 10.2. The Hall–Kier alpha value is -3.13. The van der Waals surface area contributed by atoms with Gasteiger partial charge in [0.15, 0.2) is 0 Å². The minimum Gasteiger partial charge on any atom is -0.326 e. The number of benzene rings is 2. The molecule has 110 valence electrons. The standard InChI is InChI=1S/C17H15N3O2/c1-12-2-6-14(7-3-12)19-16(21)10-17(22)20-15-8-4-13(11-18)5-9-15/h2-9H,10H2,1H3,(H,19,21)(H,20,22). The van der Waals surface area contributed by atoms with Crippen LogP contribution in [0.4, 0.5) is 11.4 Å². The van der Waals surface area contributed by atoms with Gasteiger partial charge in [0, 0.05) is 11.4 Å². The second-order valence-corrected chi connectivity index (χ2v) is 4.83. The number of nitrogens with one attached hydrogen (secondary N) is 2. The van der Waals surface area contributed by atoms with Crippen molar-refractivity contribution in [2.24, 2.45) is 0 Å². The van der Waals surface area contributed by atoms with Crippen molar-refractivity contribution in [3.63, 3.8) is 0 Å². The topological polar surface area (TPSA) is 82.0 Å². The van der Waals surface area contributed by atoms with Crippen LogP contribution < -0.4 is 10.6 Å². The summed E-state index contributed by atoms with van der Waals surface area (Å²) >= 11 is 0. The van der Waals surface area contributed by atoms with Crippen LogP contribution in [-0.2, 0) is 9.59 Å². The van der Waals surface area contributed by atoms with E-state index < -0.39 is 5.91 Å². The third-order valence-corrected chi connectivity index (χ3v) is 2.95. The first-order chi connectivity index (χ1) is 10.6. The zero-order valence-electron chi connectivity index (χ0n) is 12.1. The Labute approximate surface area is 128 Å². The quantitative estimate of drug-likeness (QED) is 0.850. The molecule has 5 heteroatoms. The summed E-state index contributed by atoms with van der Waals surface area (Å²) in [6.07, 6.45) is -0.270. The Kier molecular flexibility index (Phi) is 4.89. The molecule has 0 spiro atoms. The van der Waals surface area contributed by atoms with E-state index in [1.807, 2.05) is 25.1 Å². The molecule has 2 N–H and O–H groups in total. The Morgan fingerprint density at radius 3 is 1.82 bits per heavy atom. The first kappa shape index (κ1) is 15.3. The molecule has 0 atom stereocenters. The molecule has 0 radical (unpaired) electrons. The lowest BCUT2D eigenvalue weighted by Crippen LogP contribution is -2.21. The molecule has 0 unspecified atom stereocenters. The summed E-state index contributed by atoms with van der Waals surface area (Å²) in [7, 11) is 0. The van der Waals surface area contributed by atoms with Gasteiger partial charge in [0.2, 0.25) is 11.8 Å². The number of amides is 2. The number of aryl methyl sites for hydroxylation is 1. The van der Waals surface area contributed by atoms with E-state index in [-0.39, 0.29) is 12.3 Å². The van der Waals surface area contributed by atoms with E-state index in [9.17, 15) is 9.59 Å². The molecule has 0 aliphatic heterocycles. The molecule has 0 fully saturated rings. The Bertz CT molecular complexity index is 713. The Balaban J connectivity index is 1.86. The zero-order chi connectivity index (χ0) is 15.9. The summed E-state index contributed by atoms with van der Waals surface area (Å²) in [6.45, 7) is 1.95. The molecule has 2 aromatic carbocycles. The van der Waals surface area contributed by atoms with Crippen molar-refractivity contribution in [3.05, 3.63) is 59.7 Å². The first-order valence-corrected chi connectivity index (χ1v) is 6.73. The van der Waals surface area contributed by atoms with E-state index in [0.717, 1.165) is 5.56 Å². The molecule has 0 aliphatic carbocycles. The predicted molar refractivity (Wildman–Crippen MR) is 84.2 cm³/mol. The van der Waals surface area contributed by atoms with Gasteiger partial charge in [0.1, 0.15) is 6.42 Å². The minimum absolute atomic E-state index is 0.270. The second-order valence-electron chi connectivity index (χ2n) is 4.83. The van der Waals surface area contributed by atoms with Gasteiger partial charge < -0.3 is 10.6 Å². The number of anilines is 2. The first-order valence-electron chi connectivity index (χ1n) is 6.73. The van der Waals surface area contributed by atoms with Crippen LogP contribution in [-0.4, -0.2) is 11.8 Å². The summed E-state index contributed by atoms with van der Waals surface area (Å²) in [6, 6.07) is 15.8. The second kappa shape index (κ2) is 7.04. The molecule has 0 saturated heterocycles. The van der Waals surface area contributed by atoms with Gasteiger partial charge in [-0.2, -0.15) is 5.26 Å². The Morgan fingerprint density at radius 1 is 0.909 bits per heavy atom. The maximum atomic E-state index is 11.8. The monoisotopic (exact) mass is 293 g/mol. The SMILES string of the molecule is Cc1ccc(NC(=O)CC(=O)Nc2ccc(C#N)cc2)cc1. The van der Waals surface area contributed by atoms with Gasteiger partial charge in [0.25, 0.3) is 0 Å². The lowest BCUT2D eigenvalue weighted by Gasteiger charge is -2.07. The molecular formula is C17H15N3O2. The number of rotatable bonds is 4. The fraction of sp³-hybridized carbons (Fsp3) is 0.118. The van der Waals surface area contributed by atoms with Crippen molar-refractivity contribution in [1.29, 1.82) is 5.26 Å². The number of hydrogen-bond donors (Lipinski definition) is 2. The van der Waals surface area contributed by atoms with E-state index >= 15 is 0 Å². The number of carbonyl (C=O) groups excluding carboxylic acids is 2. The molecule has 0 saturated carbocycles. The molecule has 0 aliphatic rings. The number of hydrogen-bond acceptors (Lipinski definition) is 3. The molecule has 2 rings (SSSR count). The third kappa shape index (κ3) is 4.46. The molecular weight excluding hydrogens is 278 g/mol. The highest BCUT2D eigenvalue weighted by Gasteiger charge is 2.10. The molecule has 2 amide bonds. The molecule has 0 heterocycles. The minimum atomic E-state index is -0.408. The van der Waals surface area contributed by atoms with Gasteiger partial charge in [-0.3, -0.25) is 9.59 Å². The van der Waals surface area contributed by atoms with Crippen LogP contribution in [0.15, 0.2) is 48.5 Å². The smallest absolute Gasteiger partial charge is 0.233 e. The van der Waals surface area contributed by atoms with Crippen molar-refractivity contribution in [2.45, 2.75) is 13.3 Å². The van der Waals surface area contributed by atoms with E-state index in [4.69, 9.17) is 5.26 Å². The van der Waals surface area contributed by atoms with Gasteiger partial charge in [-0.1, -0.05) is 17.7 Å². The molecule has 0 aromatic heterocycles. The number of nitriles is 1. The van der Waals surface area contributed by atoms with Gasteiger partial charge in [0.05, 0.1) is 11.6 Å². The molecule has 0 bridgehead atoms. The van der Waals surface area contributed by atoms with Crippen LogP contribution in [0.25, 0.3) is 0 Å². The van der Waals surface area contributed by atoms with E-state index in [0.29, 0.717) is 16.9 Å². The van der Waals surface area contributed by atoms with Crippen LogP contribution in [0, 0.1) is 18.3 Å². The summed E-state index contributed by atoms with van der Waals surface area (Å²) in [4.78, 5) is 23.6. The largest absolute Gasteiger partial charge is 0.326 e. The van der Waals surface area contributed by atoms with E-state index in [1.54, 1.807) is 36.4 Å². The predicted octanol–water partition coefficient (Wildman–Crippen LogP) is 2.83. The maximum absolute atomic E-state index is 11.8. The number of nitrogens with zero attached hydrogens (tertiary/aromatic N) is 1. The van der Waals surface area contributed by atoms with Crippen molar-refractivity contribution in [1.82, 2.24) is 0 Å². The van der Waals surface area contributed by atoms with Crippen molar-refractivity contribution < 1.29 is 9.59 Å². The summed E-state index contributed by atoms with van der Waals surface area (Å²) < 4.78 is 0. The van der Waals surface area contributed by atoms with Crippen LogP contribution in [0.3, 0.4) is 0 Å². The third-order valence-electron chi connectivity index (χ3n) is 2.95.